The molecule has 148 valence electrons. The first-order valence-electron chi connectivity index (χ1n) is 8.83. The molecule has 0 aliphatic rings. The van der Waals surface area contributed by atoms with Crippen LogP contribution in [-0.4, -0.2) is 46.9 Å². The predicted octanol–water partition coefficient (Wildman–Crippen LogP) is 2.95. The minimum Gasteiger partial charge on any atom is -0.367 e. The first kappa shape index (κ1) is 21.3. The molecule has 0 saturated carbocycles. The van der Waals surface area contributed by atoms with E-state index in [0.717, 1.165) is 18.1 Å². The molecule has 0 aliphatic heterocycles. The van der Waals surface area contributed by atoms with E-state index >= 15 is 0 Å². The van der Waals surface area contributed by atoms with E-state index in [-0.39, 0.29) is 6.04 Å². The van der Waals surface area contributed by atoms with Crippen LogP contribution in [0, 0.1) is 13.8 Å². The van der Waals surface area contributed by atoms with Crippen LogP contribution in [0.3, 0.4) is 0 Å². The minimum absolute atomic E-state index is 0.220. The first-order chi connectivity index (χ1) is 12.8. The zero-order chi connectivity index (χ0) is 20.0. The topological polar surface area (TPSA) is 79.2 Å². The number of nitrogens with zero attached hydrogens (tertiary/aromatic N) is 4. The smallest absolute Gasteiger partial charge is 0.191 e. The largest absolute Gasteiger partial charge is 0.367 e. The summed E-state index contributed by atoms with van der Waals surface area (Å²) < 4.78 is 1.92. The van der Waals surface area contributed by atoms with Crippen molar-refractivity contribution in [2.24, 2.45) is 12.0 Å². The maximum absolute atomic E-state index is 6.10. The second-order valence-electron chi connectivity index (χ2n) is 6.43. The summed E-state index contributed by atoms with van der Waals surface area (Å²) in [6, 6.07) is 1.88. The van der Waals surface area contributed by atoms with Crippen molar-refractivity contribution in [2.45, 2.75) is 33.2 Å². The van der Waals surface area contributed by atoms with Crippen LogP contribution in [0.15, 0.2) is 17.3 Å². The average molecular weight is 412 g/mol. The highest BCUT2D eigenvalue weighted by atomic mass is 35.5. The van der Waals surface area contributed by atoms with Crippen LogP contribution in [0.1, 0.15) is 23.9 Å². The van der Waals surface area contributed by atoms with Gasteiger partial charge in [-0.05, 0) is 38.8 Å². The number of aliphatic imine (C=N–C) groups is 1. The van der Waals surface area contributed by atoms with Crippen LogP contribution in [0.25, 0.3) is 0 Å². The Morgan fingerprint density at radius 3 is 2.63 bits per heavy atom. The molecule has 1 atom stereocenters. The Kier molecular flexibility index (Phi) is 7.74. The zero-order valence-corrected chi connectivity index (χ0v) is 17.9. The second-order valence-corrected chi connectivity index (χ2v) is 7.28. The van der Waals surface area contributed by atoms with Gasteiger partial charge < -0.3 is 16.0 Å². The van der Waals surface area contributed by atoms with Gasteiger partial charge in [0.05, 0.1) is 15.7 Å². The van der Waals surface area contributed by atoms with Crippen molar-refractivity contribution < 1.29 is 0 Å². The number of rotatable bonds is 7. The number of aromatic nitrogens is 3. The number of guanidine groups is 1. The third kappa shape index (κ3) is 6.01. The summed E-state index contributed by atoms with van der Waals surface area (Å²) in [4.78, 5) is 8.45. The van der Waals surface area contributed by atoms with E-state index in [0.29, 0.717) is 29.0 Å². The van der Waals surface area contributed by atoms with Gasteiger partial charge in [0, 0.05) is 45.1 Å². The molecule has 0 aromatic carbocycles. The van der Waals surface area contributed by atoms with Gasteiger partial charge in [-0.25, -0.2) is 4.98 Å². The van der Waals surface area contributed by atoms with E-state index in [2.05, 4.69) is 44.9 Å². The van der Waals surface area contributed by atoms with Gasteiger partial charge in [-0.1, -0.05) is 23.2 Å². The highest BCUT2D eigenvalue weighted by molar-refractivity contribution is 6.35. The molecule has 0 radical (unpaired) electrons. The van der Waals surface area contributed by atoms with Crippen LogP contribution < -0.4 is 16.0 Å². The SMILES string of the molecule is CN=C(NCCNc1ncc(Cl)cc1Cl)NC(C)Cc1c(C)nn(C)c1C. The molecule has 2 rings (SSSR count). The molecule has 0 amide bonds. The molecule has 0 saturated heterocycles. The molecule has 0 aliphatic carbocycles. The third-order valence-corrected chi connectivity index (χ3v) is 4.79. The Hall–Kier alpha value is -1.99. The Bertz CT molecular complexity index is 801. The molecule has 0 spiro atoms. The van der Waals surface area contributed by atoms with E-state index in [1.165, 1.54) is 11.3 Å². The Labute approximate surface area is 170 Å². The number of anilines is 1. The van der Waals surface area contributed by atoms with Gasteiger partial charge in [-0.2, -0.15) is 5.10 Å². The van der Waals surface area contributed by atoms with E-state index in [9.17, 15) is 0 Å². The van der Waals surface area contributed by atoms with Crippen molar-refractivity contribution in [3.63, 3.8) is 0 Å². The van der Waals surface area contributed by atoms with Gasteiger partial charge in [0.1, 0.15) is 5.82 Å². The van der Waals surface area contributed by atoms with Crippen molar-refractivity contribution in [3.8, 4) is 0 Å². The molecular formula is C18H27Cl2N7. The number of halogens is 2. The molecule has 2 aromatic rings. The second kappa shape index (κ2) is 9.80. The standard InChI is InChI=1S/C18H27Cl2N7/c1-11(8-15-12(2)26-27(5)13(15)3)25-18(21-4)23-7-6-22-17-16(20)9-14(19)10-24-17/h9-11H,6-8H2,1-5H3,(H,22,24)(H2,21,23,25). The Morgan fingerprint density at radius 1 is 1.30 bits per heavy atom. The van der Waals surface area contributed by atoms with Gasteiger partial charge in [0.2, 0.25) is 0 Å². The summed E-state index contributed by atoms with van der Waals surface area (Å²) in [5.74, 6) is 1.36. The molecule has 2 heterocycles. The summed E-state index contributed by atoms with van der Waals surface area (Å²) >= 11 is 11.9. The van der Waals surface area contributed by atoms with Crippen molar-refractivity contribution >= 4 is 35.0 Å². The maximum atomic E-state index is 6.10. The number of aryl methyl sites for hydroxylation is 2. The van der Waals surface area contributed by atoms with Gasteiger partial charge >= 0.3 is 0 Å². The van der Waals surface area contributed by atoms with E-state index in [1.807, 2.05) is 18.7 Å². The van der Waals surface area contributed by atoms with Crippen molar-refractivity contribution in [1.82, 2.24) is 25.4 Å². The van der Waals surface area contributed by atoms with Crippen LogP contribution in [0.2, 0.25) is 10.0 Å². The van der Waals surface area contributed by atoms with Gasteiger partial charge in [0.25, 0.3) is 0 Å². The van der Waals surface area contributed by atoms with Gasteiger partial charge in [-0.3, -0.25) is 9.67 Å². The van der Waals surface area contributed by atoms with E-state index < -0.39 is 0 Å². The molecule has 3 N–H and O–H groups in total. The van der Waals surface area contributed by atoms with E-state index in [4.69, 9.17) is 23.2 Å². The van der Waals surface area contributed by atoms with Crippen molar-refractivity contribution in [3.05, 3.63) is 39.3 Å². The van der Waals surface area contributed by atoms with Gasteiger partial charge in [0.15, 0.2) is 5.96 Å². The lowest BCUT2D eigenvalue weighted by Gasteiger charge is -2.18. The monoisotopic (exact) mass is 411 g/mol. The van der Waals surface area contributed by atoms with Crippen LogP contribution in [0.4, 0.5) is 5.82 Å². The van der Waals surface area contributed by atoms with Crippen molar-refractivity contribution in [2.75, 3.05) is 25.5 Å². The third-order valence-electron chi connectivity index (χ3n) is 4.29. The van der Waals surface area contributed by atoms with Crippen LogP contribution >= 0.6 is 23.2 Å². The summed E-state index contributed by atoms with van der Waals surface area (Å²) in [7, 11) is 3.73. The normalized spacial score (nSPS) is 12.8. The lowest BCUT2D eigenvalue weighted by molar-refractivity contribution is 0.637. The zero-order valence-electron chi connectivity index (χ0n) is 16.4. The Morgan fingerprint density at radius 2 is 2.04 bits per heavy atom. The quantitative estimate of drug-likeness (QED) is 0.370. The fourth-order valence-electron chi connectivity index (χ4n) is 2.80. The minimum atomic E-state index is 0.220. The number of hydrogen-bond acceptors (Lipinski definition) is 4. The molecule has 2 aromatic heterocycles. The van der Waals surface area contributed by atoms with E-state index in [1.54, 1.807) is 19.3 Å². The number of nitrogens with one attached hydrogen (secondary N) is 3. The molecule has 0 bridgehead atoms. The number of pyridine rings is 1. The average Bonchev–Trinajstić information content (AvgIpc) is 2.85. The highest BCUT2D eigenvalue weighted by Crippen LogP contribution is 2.22. The summed E-state index contributed by atoms with van der Waals surface area (Å²) in [6.45, 7) is 7.58. The van der Waals surface area contributed by atoms with Gasteiger partial charge in [-0.15, -0.1) is 0 Å². The summed E-state index contributed by atoms with van der Waals surface area (Å²) in [5.41, 5.74) is 3.54. The highest BCUT2D eigenvalue weighted by Gasteiger charge is 2.14. The fraction of sp³-hybridized carbons (Fsp3) is 0.500. The Balaban J connectivity index is 1.79. The molecule has 7 nitrogen and oxygen atoms in total. The summed E-state index contributed by atoms with van der Waals surface area (Å²) in [5, 5.41) is 15.4. The number of hydrogen-bond donors (Lipinski definition) is 3. The van der Waals surface area contributed by atoms with Crippen LogP contribution in [0.5, 0.6) is 0 Å². The molecular weight excluding hydrogens is 385 g/mol. The molecule has 9 heteroatoms. The van der Waals surface area contributed by atoms with Crippen LogP contribution in [-0.2, 0) is 13.5 Å². The van der Waals surface area contributed by atoms with Crippen molar-refractivity contribution in [1.29, 1.82) is 0 Å². The predicted molar refractivity (Wildman–Crippen MR) is 113 cm³/mol. The molecule has 1 unspecified atom stereocenters. The molecule has 27 heavy (non-hydrogen) atoms. The first-order valence-corrected chi connectivity index (χ1v) is 9.58. The maximum Gasteiger partial charge on any atom is 0.191 e. The molecule has 0 fully saturated rings. The lowest BCUT2D eigenvalue weighted by atomic mass is 10.1. The summed E-state index contributed by atoms with van der Waals surface area (Å²) in [6.07, 6.45) is 2.45. The fourth-order valence-corrected chi connectivity index (χ4v) is 3.25. The lowest BCUT2D eigenvalue weighted by Crippen LogP contribution is -2.44.